The summed E-state index contributed by atoms with van der Waals surface area (Å²) in [5.74, 6) is -0.382. The van der Waals surface area contributed by atoms with Gasteiger partial charge in [-0.1, -0.05) is 46.3 Å². The molecule has 130 valence electrons. The van der Waals surface area contributed by atoms with Crippen LogP contribution in [0.2, 0.25) is 0 Å². The molecule has 1 aliphatic rings. The first-order valence-corrected chi connectivity index (χ1v) is 9.69. The summed E-state index contributed by atoms with van der Waals surface area (Å²) < 4.78 is 1.70. The molecule has 6 heteroatoms. The Balaban J connectivity index is 1.58. The topological polar surface area (TPSA) is 49.4 Å². The molecule has 0 bridgehead atoms. The molecule has 25 heavy (non-hydrogen) atoms. The third-order valence-electron chi connectivity index (χ3n) is 4.28. The molecular formula is C19H18Br2N2O2. The van der Waals surface area contributed by atoms with Crippen LogP contribution in [0, 0.1) is 5.92 Å². The van der Waals surface area contributed by atoms with Crippen LogP contribution in [-0.2, 0) is 16.0 Å². The van der Waals surface area contributed by atoms with Crippen LogP contribution in [0.4, 0.5) is 5.69 Å². The number of anilines is 1. The number of nitrogens with zero attached hydrogens (tertiary/aromatic N) is 1. The molecule has 3 rings (SSSR count). The Morgan fingerprint density at radius 1 is 1.16 bits per heavy atom. The Morgan fingerprint density at radius 2 is 1.92 bits per heavy atom. The normalized spacial score (nSPS) is 17.0. The summed E-state index contributed by atoms with van der Waals surface area (Å²) >= 11 is 6.83. The molecule has 0 saturated carbocycles. The second-order valence-electron chi connectivity index (χ2n) is 6.09. The Hall–Kier alpha value is -1.66. The lowest BCUT2D eigenvalue weighted by Crippen LogP contribution is -2.30. The van der Waals surface area contributed by atoms with Gasteiger partial charge in [-0.3, -0.25) is 9.59 Å². The Morgan fingerprint density at radius 3 is 2.68 bits per heavy atom. The van der Waals surface area contributed by atoms with Gasteiger partial charge in [0.1, 0.15) is 0 Å². The fourth-order valence-electron chi connectivity index (χ4n) is 2.90. The zero-order chi connectivity index (χ0) is 17.8. The van der Waals surface area contributed by atoms with Crippen molar-refractivity contribution in [3.63, 3.8) is 0 Å². The molecule has 1 atom stereocenters. The van der Waals surface area contributed by atoms with Gasteiger partial charge >= 0.3 is 0 Å². The van der Waals surface area contributed by atoms with Gasteiger partial charge in [-0.15, -0.1) is 0 Å². The van der Waals surface area contributed by atoms with E-state index in [4.69, 9.17) is 0 Å². The quantitative estimate of drug-likeness (QED) is 0.717. The number of halogens is 2. The first-order valence-electron chi connectivity index (χ1n) is 8.10. The molecule has 0 aliphatic carbocycles. The maximum Gasteiger partial charge on any atom is 0.229 e. The van der Waals surface area contributed by atoms with Crippen molar-refractivity contribution >= 4 is 49.4 Å². The van der Waals surface area contributed by atoms with Crippen LogP contribution in [0.3, 0.4) is 0 Å². The molecule has 1 N–H and O–H groups in total. The standard InChI is InChI=1S/C19H18Br2N2O2/c20-15-6-7-16(21)17(11-15)22-19(25)14-10-18(24)23(12-14)9-8-13-4-2-1-3-5-13/h1-7,11,14H,8-10,12H2,(H,22,25)/t14-/m1/s1. The first kappa shape index (κ1) is 18.1. The van der Waals surface area contributed by atoms with Gasteiger partial charge < -0.3 is 10.2 Å². The predicted molar refractivity (Wildman–Crippen MR) is 105 cm³/mol. The highest BCUT2D eigenvalue weighted by Gasteiger charge is 2.34. The van der Waals surface area contributed by atoms with Crippen LogP contribution < -0.4 is 5.32 Å². The number of likely N-dealkylation sites (tertiary alicyclic amines) is 1. The second kappa shape index (κ2) is 8.15. The molecule has 4 nitrogen and oxygen atoms in total. The lowest BCUT2D eigenvalue weighted by atomic mass is 10.1. The van der Waals surface area contributed by atoms with E-state index in [-0.39, 0.29) is 24.2 Å². The highest BCUT2D eigenvalue weighted by molar-refractivity contribution is 9.11. The summed E-state index contributed by atoms with van der Waals surface area (Å²) in [7, 11) is 0. The van der Waals surface area contributed by atoms with Crippen LogP contribution in [0.1, 0.15) is 12.0 Å². The van der Waals surface area contributed by atoms with Gasteiger partial charge in [0.2, 0.25) is 11.8 Å². The predicted octanol–water partition coefficient (Wildman–Crippen LogP) is 4.24. The fraction of sp³-hybridized carbons (Fsp3) is 0.263. The van der Waals surface area contributed by atoms with Gasteiger partial charge in [0.15, 0.2) is 0 Å². The number of carbonyl (C=O) groups is 2. The van der Waals surface area contributed by atoms with Crippen molar-refractivity contribution in [2.45, 2.75) is 12.8 Å². The van der Waals surface area contributed by atoms with Gasteiger partial charge in [-0.25, -0.2) is 0 Å². The molecular weight excluding hydrogens is 448 g/mol. The number of benzene rings is 2. The zero-order valence-electron chi connectivity index (χ0n) is 13.5. The fourth-order valence-corrected chi connectivity index (χ4v) is 3.61. The van der Waals surface area contributed by atoms with E-state index in [0.29, 0.717) is 18.8 Å². The SMILES string of the molecule is O=C(Nc1cc(Br)ccc1Br)[C@@H]1CC(=O)N(CCc2ccccc2)C1. The Kier molecular flexibility index (Phi) is 5.91. The van der Waals surface area contributed by atoms with Crippen molar-refractivity contribution in [1.82, 2.24) is 4.90 Å². The minimum absolute atomic E-state index is 0.0457. The minimum atomic E-state index is -0.311. The van der Waals surface area contributed by atoms with E-state index in [1.807, 2.05) is 36.4 Å². The summed E-state index contributed by atoms with van der Waals surface area (Å²) in [6, 6.07) is 15.7. The van der Waals surface area contributed by atoms with Gasteiger partial charge in [-0.05, 0) is 46.1 Å². The van der Waals surface area contributed by atoms with Crippen molar-refractivity contribution in [3.8, 4) is 0 Å². The molecule has 0 radical (unpaired) electrons. The van der Waals surface area contributed by atoms with Gasteiger partial charge in [0.05, 0.1) is 11.6 Å². The molecule has 0 aromatic heterocycles. The van der Waals surface area contributed by atoms with Gasteiger partial charge in [0, 0.05) is 28.5 Å². The van der Waals surface area contributed by atoms with E-state index in [1.165, 1.54) is 5.56 Å². The second-order valence-corrected chi connectivity index (χ2v) is 7.86. The molecule has 2 aromatic rings. The molecule has 2 aromatic carbocycles. The number of nitrogens with one attached hydrogen (secondary N) is 1. The number of hydrogen-bond donors (Lipinski definition) is 1. The summed E-state index contributed by atoms with van der Waals surface area (Å²) in [5.41, 5.74) is 1.90. The largest absolute Gasteiger partial charge is 0.342 e. The number of hydrogen-bond acceptors (Lipinski definition) is 2. The van der Waals surface area contributed by atoms with Crippen molar-refractivity contribution in [3.05, 3.63) is 63.0 Å². The molecule has 0 spiro atoms. The van der Waals surface area contributed by atoms with Gasteiger partial charge in [0.25, 0.3) is 0 Å². The van der Waals surface area contributed by atoms with E-state index in [0.717, 1.165) is 15.4 Å². The van der Waals surface area contributed by atoms with Crippen LogP contribution in [0.25, 0.3) is 0 Å². The number of rotatable bonds is 5. The summed E-state index contributed by atoms with van der Waals surface area (Å²) in [6.07, 6.45) is 1.07. The zero-order valence-corrected chi connectivity index (χ0v) is 16.7. The van der Waals surface area contributed by atoms with E-state index < -0.39 is 0 Å². The lowest BCUT2D eigenvalue weighted by molar-refractivity contribution is -0.128. The van der Waals surface area contributed by atoms with Crippen LogP contribution >= 0.6 is 31.9 Å². The lowest BCUT2D eigenvalue weighted by Gasteiger charge is -2.17. The van der Waals surface area contributed by atoms with E-state index in [1.54, 1.807) is 4.90 Å². The van der Waals surface area contributed by atoms with Crippen LogP contribution in [-0.4, -0.2) is 29.8 Å². The highest BCUT2D eigenvalue weighted by Crippen LogP contribution is 2.28. The number of amides is 2. The van der Waals surface area contributed by atoms with Crippen molar-refractivity contribution in [2.75, 3.05) is 18.4 Å². The average molecular weight is 466 g/mol. The monoisotopic (exact) mass is 464 g/mol. The maximum absolute atomic E-state index is 12.5. The summed E-state index contributed by atoms with van der Waals surface area (Å²) in [5, 5.41) is 2.91. The summed E-state index contributed by atoms with van der Waals surface area (Å²) in [4.78, 5) is 26.5. The molecule has 0 unspecified atom stereocenters. The Bertz CT molecular complexity index is 780. The smallest absolute Gasteiger partial charge is 0.229 e. The third kappa shape index (κ3) is 4.70. The molecule has 1 aliphatic heterocycles. The van der Waals surface area contributed by atoms with Crippen LogP contribution in [0.5, 0.6) is 0 Å². The van der Waals surface area contributed by atoms with Crippen molar-refractivity contribution in [2.24, 2.45) is 5.92 Å². The van der Waals surface area contributed by atoms with E-state index in [9.17, 15) is 9.59 Å². The molecule has 1 fully saturated rings. The maximum atomic E-state index is 12.5. The van der Waals surface area contributed by atoms with Crippen LogP contribution in [0.15, 0.2) is 57.5 Å². The van der Waals surface area contributed by atoms with E-state index in [2.05, 4.69) is 49.3 Å². The van der Waals surface area contributed by atoms with Gasteiger partial charge in [-0.2, -0.15) is 0 Å². The summed E-state index contributed by atoms with van der Waals surface area (Å²) in [6.45, 7) is 1.12. The van der Waals surface area contributed by atoms with Crippen molar-refractivity contribution in [1.29, 1.82) is 0 Å². The Labute approximate surface area is 163 Å². The molecule has 1 saturated heterocycles. The third-order valence-corrected chi connectivity index (χ3v) is 5.47. The minimum Gasteiger partial charge on any atom is -0.342 e. The molecule has 2 amide bonds. The van der Waals surface area contributed by atoms with E-state index >= 15 is 0 Å². The highest BCUT2D eigenvalue weighted by atomic mass is 79.9. The first-order chi connectivity index (χ1) is 12.0. The average Bonchev–Trinajstić information content (AvgIpc) is 2.98. The molecule has 1 heterocycles. The number of carbonyl (C=O) groups excluding carboxylic acids is 2. The van der Waals surface area contributed by atoms with Crippen molar-refractivity contribution < 1.29 is 9.59 Å².